The van der Waals surface area contributed by atoms with Gasteiger partial charge < -0.3 is 15.4 Å². The molecule has 2 rings (SSSR count). The lowest BCUT2D eigenvalue weighted by atomic mass is 10.0. The van der Waals surface area contributed by atoms with E-state index in [1.807, 2.05) is 12.1 Å². The zero-order valence-corrected chi connectivity index (χ0v) is 13.7. The van der Waals surface area contributed by atoms with E-state index in [1.165, 1.54) is 0 Å². The fourth-order valence-electron chi connectivity index (χ4n) is 2.38. The lowest BCUT2D eigenvalue weighted by Crippen LogP contribution is -2.46. The first-order valence-electron chi connectivity index (χ1n) is 7.05. The summed E-state index contributed by atoms with van der Waals surface area (Å²) >= 11 is 5.98. The van der Waals surface area contributed by atoms with Gasteiger partial charge in [-0.15, -0.1) is 12.4 Å². The average molecular weight is 333 g/mol. The first-order valence-corrected chi connectivity index (χ1v) is 7.43. The molecular formula is C15H22Cl2N2O2. The van der Waals surface area contributed by atoms with Gasteiger partial charge in [0.15, 0.2) is 0 Å². The van der Waals surface area contributed by atoms with Crippen LogP contribution in [-0.2, 0) is 4.79 Å². The molecule has 2 atom stereocenters. The molecule has 0 spiro atoms. The van der Waals surface area contributed by atoms with E-state index < -0.39 is 0 Å². The van der Waals surface area contributed by atoms with Crippen molar-refractivity contribution in [2.24, 2.45) is 0 Å². The second kappa shape index (κ2) is 9.13. The largest absolute Gasteiger partial charge is 0.491 e. The number of nitrogens with one attached hydrogen (secondary N) is 2. The van der Waals surface area contributed by atoms with E-state index in [2.05, 4.69) is 17.6 Å². The summed E-state index contributed by atoms with van der Waals surface area (Å²) in [5.41, 5.74) is 0. The van der Waals surface area contributed by atoms with Gasteiger partial charge in [-0.1, -0.05) is 23.7 Å². The highest BCUT2D eigenvalue weighted by Gasteiger charge is 2.19. The van der Waals surface area contributed by atoms with Gasteiger partial charge >= 0.3 is 0 Å². The molecule has 1 aliphatic heterocycles. The standard InChI is InChI=1S/C15H21ClN2O2.ClH/c1-11-10-12(6-8-17-11)18-15(19)7-9-20-14-5-3-2-4-13(14)16;/h2-5,11-12,17H,6-10H2,1H3,(H,18,19);1H. The third-order valence-electron chi connectivity index (χ3n) is 3.41. The summed E-state index contributed by atoms with van der Waals surface area (Å²) in [5, 5.41) is 6.99. The molecule has 1 saturated heterocycles. The SMILES string of the molecule is CC1CC(NC(=O)CCOc2ccccc2Cl)CCN1.Cl. The van der Waals surface area contributed by atoms with Gasteiger partial charge in [-0.25, -0.2) is 0 Å². The summed E-state index contributed by atoms with van der Waals surface area (Å²) in [7, 11) is 0. The third-order valence-corrected chi connectivity index (χ3v) is 3.72. The quantitative estimate of drug-likeness (QED) is 0.871. The predicted octanol–water partition coefficient (Wildman–Crippen LogP) is 2.79. The van der Waals surface area contributed by atoms with E-state index in [1.54, 1.807) is 12.1 Å². The fourth-order valence-corrected chi connectivity index (χ4v) is 2.57. The molecule has 0 bridgehead atoms. The van der Waals surface area contributed by atoms with E-state index in [0.29, 0.717) is 29.8 Å². The minimum Gasteiger partial charge on any atom is -0.491 e. The Bertz CT molecular complexity index is 457. The van der Waals surface area contributed by atoms with Crippen molar-refractivity contribution in [3.63, 3.8) is 0 Å². The summed E-state index contributed by atoms with van der Waals surface area (Å²) in [6.07, 6.45) is 2.32. The van der Waals surface area contributed by atoms with Crippen molar-refractivity contribution in [2.75, 3.05) is 13.2 Å². The Morgan fingerprint density at radius 1 is 1.48 bits per heavy atom. The highest BCUT2D eigenvalue weighted by Crippen LogP contribution is 2.23. The summed E-state index contributed by atoms with van der Waals surface area (Å²) < 4.78 is 5.51. The molecule has 4 nitrogen and oxygen atoms in total. The van der Waals surface area contributed by atoms with Crippen molar-refractivity contribution >= 4 is 29.9 Å². The van der Waals surface area contributed by atoms with Crippen molar-refractivity contribution in [1.29, 1.82) is 0 Å². The topological polar surface area (TPSA) is 50.4 Å². The molecule has 1 fully saturated rings. The van der Waals surface area contributed by atoms with Crippen molar-refractivity contribution in [2.45, 2.75) is 38.3 Å². The minimum absolute atomic E-state index is 0. The molecule has 0 radical (unpaired) electrons. The highest BCUT2D eigenvalue weighted by atomic mass is 35.5. The van der Waals surface area contributed by atoms with Gasteiger partial charge in [0.2, 0.25) is 5.91 Å². The summed E-state index contributed by atoms with van der Waals surface area (Å²) in [6, 6.07) is 8.02. The molecule has 0 saturated carbocycles. The Morgan fingerprint density at radius 2 is 2.24 bits per heavy atom. The lowest BCUT2D eigenvalue weighted by molar-refractivity contribution is -0.122. The van der Waals surface area contributed by atoms with Crippen LogP contribution in [0.3, 0.4) is 0 Å². The van der Waals surface area contributed by atoms with Crippen LogP contribution >= 0.6 is 24.0 Å². The first kappa shape index (κ1) is 18.1. The number of carbonyl (C=O) groups is 1. The number of amides is 1. The molecule has 21 heavy (non-hydrogen) atoms. The molecule has 1 amide bonds. The van der Waals surface area contributed by atoms with Crippen LogP contribution in [0.1, 0.15) is 26.2 Å². The van der Waals surface area contributed by atoms with Gasteiger partial charge in [-0.05, 0) is 38.4 Å². The smallest absolute Gasteiger partial charge is 0.223 e. The summed E-state index contributed by atoms with van der Waals surface area (Å²) in [4.78, 5) is 11.8. The molecule has 1 aromatic carbocycles. The Morgan fingerprint density at radius 3 is 2.95 bits per heavy atom. The second-order valence-corrected chi connectivity index (χ2v) is 5.58. The highest BCUT2D eigenvalue weighted by molar-refractivity contribution is 6.32. The van der Waals surface area contributed by atoms with Crippen LogP contribution in [0, 0.1) is 0 Å². The van der Waals surface area contributed by atoms with Crippen LogP contribution in [0.4, 0.5) is 0 Å². The molecular weight excluding hydrogens is 311 g/mol. The van der Waals surface area contributed by atoms with Crippen LogP contribution in [0.5, 0.6) is 5.75 Å². The monoisotopic (exact) mass is 332 g/mol. The molecule has 2 unspecified atom stereocenters. The van der Waals surface area contributed by atoms with Crippen molar-refractivity contribution < 1.29 is 9.53 Å². The number of hydrogen-bond donors (Lipinski definition) is 2. The summed E-state index contributed by atoms with van der Waals surface area (Å²) in [6.45, 7) is 3.44. The molecule has 118 valence electrons. The lowest BCUT2D eigenvalue weighted by Gasteiger charge is -2.28. The Hall–Kier alpha value is -0.970. The number of piperidine rings is 1. The van der Waals surface area contributed by atoms with E-state index in [0.717, 1.165) is 19.4 Å². The van der Waals surface area contributed by atoms with Gasteiger partial charge in [-0.2, -0.15) is 0 Å². The molecule has 6 heteroatoms. The maximum Gasteiger partial charge on any atom is 0.223 e. The Kier molecular flexibility index (Phi) is 7.86. The van der Waals surface area contributed by atoms with E-state index >= 15 is 0 Å². The normalized spacial score (nSPS) is 21.2. The molecule has 1 aromatic rings. The number of ether oxygens (including phenoxy) is 1. The average Bonchev–Trinajstić information content (AvgIpc) is 2.41. The first-order chi connectivity index (χ1) is 9.65. The van der Waals surface area contributed by atoms with E-state index in [-0.39, 0.29) is 24.4 Å². The van der Waals surface area contributed by atoms with E-state index in [4.69, 9.17) is 16.3 Å². The van der Waals surface area contributed by atoms with Crippen LogP contribution < -0.4 is 15.4 Å². The van der Waals surface area contributed by atoms with Crippen LogP contribution in [0.2, 0.25) is 5.02 Å². The Labute approximate surface area is 137 Å². The van der Waals surface area contributed by atoms with Gasteiger partial charge in [0.25, 0.3) is 0 Å². The number of carbonyl (C=O) groups excluding carboxylic acids is 1. The van der Waals surface area contributed by atoms with Crippen molar-refractivity contribution in [3.05, 3.63) is 29.3 Å². The van der Waals surface area contributed by atoms with Gasteiger partial charge in [0.05, 0.1) is 18.1 Å². The molecule has 2 N–H and O–H groups in total. The minimum atomic E-state index is 0. The summed E-state index contributed by atoms with van der Waals surface area (Å²) in [5.74, 6) is 0.661. The molecule has 0 aromatic heterocycles. The zero-order chi connectivity index (χ0) is 14.4. The van der Waals surface area contributed by atoms with Gasteiger partial charge in [0.1, 0.15) is 5.75 Å². The fraction of sp³-hybridized carbons (Fsp3) is 0.533. The van der Waals surface area contributed by atoms with E-state index in [9.17, 15) is 4.79 Å². The molecule has 1 heterocycles. The number of para-hydroxylation sites is 1. The number of benzene rings is 1. The number of rotatable bonds is 5. The maximum atomic E-state index is 11.8. The second-order valence-electron chi connectivity index (χ2n) is 5.17. The van der Waals surface area contributed by atoms with Gasteiger partial charge in [0, 0.05) is 12.1 Å². The predicted molar refractivity (Wildman–Crippen MR) is 87.4 cm³/mol. The number of hydrogen-bond acceptors (Lipinski definition) is 3. The van der Waals surface area contributed by atoms with Crippen molar-refractivity contribution in [3.8, 4) is 5.75 Å². The third kappa shape index (κ3) is 6.12. The molecule has 0 aliphatic carbocycles. The number of halogens is 2. The molecule has 1 aliphatic rings. The van der Waals surface area contributed by atoms with Crippen LogP contribution in [0.25, 0.3) is 0 Å². The zero-order valence-electron chi connectivity index (χ0n) is 12.1. The van der Waals surface area contributed by atoms with Crippen molar-refractivity contribution in [1.82, 2.24) is 10.6 Å². The van der Waals surface area contributed by atoms with Gasteiger partial charge in [-0.3, -0.25) is 4.79 Å². The maximum absolute atomic E-state index is 11.8. The Balaban J connectivity index is 0.00000220. The van der Waals surface area contributed by atoms with Crippen LogP contribution in [0.15, 0.2) is 24.3 Å². The van der Waals surface area contributed by atoms with Crippen LogP contribution in [-0.4, -0.2) is 31.1 Å².